The maximum absolute atomic E-state index is 13.2. The number of aromatic nitrogens is 2. The highest BCUT2D eigenvalue weighted by Gasteiger charge is 2.43. The molecule has 26 heavy (non-hydrogen) atoms. The number of hydrogen-bond acceptors (Lipinski definition) is 6. The molecule has 1 aromatic rings. The number of carbonyl (C=O) groups is 1. The van der Waals surface area contributed by atoms with E-state index in [-0.39, 0.29) is 37.9 Å². The Morgan fingerprint density at radius 2 is 2.08 bits per heavy atom. The number of amides is 1. The van der Waals surface area contributed by atoms with Gasteiger partial charge in [0, 0.05) is 39.6 Å². The number of piperazine rings is 1. The van der Waals surface area contributed by atoms with Gasteiger partial charge in [-0.3, -0.25) is 14.3 Å². The normalized spacial score (nSPS) is 16.6. The minimum absolute atomic E-state index is 0. The first kappa shape index (κ1) is 22.1. The first-order chi connectivity index (χ1) is 11.7. The summed E-state index contributed by atoms with van der Waals surface area (Å²) in [5.74, 6) is -0.851. The molecule has 1 unspecified atom stereocenters. The minimum atomic E-state index is -4.46. The molecule has 1 atom stereocenters. The Labute approximate surface area is 153 Å². The molecule has 1 fully saturated rings. The van der Waals surface area contributed by atoms with Crippen LogP contribution >= 0.6 is 12.4 Å². The first-order valence-corrected chi connectivity index (χ1v) is 7.65. The number of rotatable bonds is 6. The molecule has 9 nitrogen and oxygen atoms in total. The summed E-state index contributed by atoms with van der Waals surface area (Å²) >= 11 is 0. The second-order valence-electron chi connectivity index (χ2n) is 5.68. The maximum Gasteiger partial charge on any atom is 0.405 e. The van der Waals surface area contributed by atoms with Gasteiger partial charge in [-0.15, -0.1) is 12.4 Å². The zero-order chi connectivity index (χ0) is 18.6. The Hall–Kier alpha value is -1.92. The van der Waals surface area contributed by atoms with Gasteiger partial charge in [0.15, 0.2) is 0 Å². The van der Waals surface area contributed by atoms with Gasteiger partial charge in [0.1, 0.15) is 18.8 Å². The van der Waals surface area contributed by atoms with Crippen LogP contribution in [0.25, 0.3) is 0 Å². The third-order valence-corrected chi connectivity index (χ3v) is 3.93. The molecule has 1 aliphatic rings. The number of carbonyl (C=O) groups excluding carboxylic acids is 1. The number of nitrogens with zero attached hydrogens (tertiary/aromatic N) is 4. The summed E-state index contributed by atoms with van der Waals surface area (Å²) in [5.41, 5.74) is 0. The van der Waals surface area contributed by atoms with Crippen molar-refractivity contribution in [1.29, 1.82) is 0 Å². The van der Waals surface area contributed by atoms with Crippen molar-refractivity contribution in [1.82, 2.24) is 25.1 Å². The number of halogens is 4. The Balaban J connectivity index is 0.00000338. The van der Waals surface area contributed by atoms with Gasteiger partial charge in [-0.05, 0) is 9.91 Å². The smallest absolute Gasteiger partial charge is 0.358 e. The molecule has 13 heteroatoms. The molecule has 2 rings (SSSR count). The highest BCUT2D eigenvalue weighted by Crippen LogP contribution is 2.24. The molecule has 2 N–H and O–H groups in total. The molecular formula is C13H20ClF3N6O3. The summed E-state index contributed by atoms with van der Waals surface area (Å²) in [5, 5.41) is 15.9. The number of hydrogen-bond donors (Lipinski definition) is 2. The van der Waals surface area contributed by atoms with Crippen LogP contribution < -0.4 is 10.6 Å². The van der Waals surface area contributed by atoms with E-state index in [1.54, 1.807) is 0 Å². The van der Waals surface area contributed by atoms with E-state index in [4.69, 9.17) is 0 Å². The zero-order valence-electron chi connectivity index (χ0n) is 14.0. The highest BCUT2D eigenvalue weighted by molar-refractivity contribution is 5.85. The largest absolute Gasteiger partial charge is 0.405 e. The van der Waals surface area contributed by atoms with Crippen LogP contribution in [0, 0.1) is 17.0 Å². The van der Waals surface area contributed by atoms with Gasteiger partial charge in [0.2, 0.25) is 11.7 Å². The summed E-state index contributed by atoms with van der Waals surface area (Å²) in [4.78, 5) is 26.8. The van der Waals surface area contributed by atoms with Crippen LogP contribution in [-0.2, 0) is 11.3 Å². The van der Waals surface area contributed by atoms with Crippen molar-refractivity contribution in [2.75, 3.05) is 32.7 Å². The molecule has 1 aromatic heterocycles. The van der Waals surface area contributed by atoms with E-state index in [2.05, 4.69) is 15.6 Å². The second-order valence-corrected chi connectivity index (χ2v) is 5.68. The molecule has 0 radical (unpaired) electrons. The molecule has 2 heterocycles. The van der Waals surface area contributed by atoms with Gasteiger partial charge < -0.3 is 20.7 Å². The van der Waals surface area contributed by atoms with E-state index in [9.17, 15) is 28.1 Å². The summed E-state index contributed by atoms with van der Waals surface area (Å²) < 4.78 is 40.9. The average Bonchev–Trinajstić information content (AvgIpc) is 2.88. The van der Waals surface area contributed by atoms with Gasteiger partial charge >= 0.3 is 12.0 Å². The molecule has 1 amide bonds. The van der Waals surface area contributed by atoms with Gasteiger partial charge in [-0.1, -0.05) is 0 Å². The predicted molar refractivity (Wildman–Crippen MR) is 88.2 cm³/mol. The van der Waals surface area contributed by atoms with Gasteiger partial charge in [0.25, 0.3) is 0 Å². The number of nitro groups is 1. The Morgan fingerprint density at radius 1 is 1.46 bits per heavy atom. The second kappa shape index (κ2) is 9.14. The molecule has 1 saturated heterocycles. The molecule has 148 valence electrons. The van der Waals surface area contributed by atoms with Crippen LogP contribution in [0.4, 0.5) is 19.0 Å². The lowest BCUT2D eigenvalue weighted by Gasteiger charge is -2.35. The van der Waals surface area contributed by atoms with E-state index < -0.39 is 35.4 Å². The molecular weight excluding hydrogens is 381 g/mol. The van der Waals surface area contributed by atoms with Gasteiger partial charge in [-0.25, -0.2) is 0 Å². The fraction of sp³-hybridized carbons (Fsp3) is 0.692. The molecule has 0 bridgehead atoms. The van der Waals surface area contributed by atoms with Crippen LogP contribution in [0.1, 0.15) is 5.82 Å². The Bertz CT molecular complexity index is 633. The molecule has 0 saturated carbocycles. The molecule has 0 aromatic carbocycles. The summed E-state index contributed by atoms with van der Waals surface area (Å²) in [7, 11) is 0. The van der Waals surface area contributed by atoms with Crippen LogP contribution in [0.3, 0.4) is 0 Å². The standard InChI is InChI=1S/C13H19F3N6O3.ClH/c1-9-19-11(22(24)25)7-21(9)8-12(23)18-6-10(13(14,15)16)20-4-2-17-3-5-20;/h7,10,17H,2-6,8H2,1H3,(H,18,23);1H. The van der Waals surface area contributed by atoms with Crippen molar-refractivity contribution >= 4 is 24.1 Å². The van der Waals surface area contributed by atoms with Crippen molar-refractivity contribution in [2.45, 2.75) is 25.7 Å². The zero-order valence-corrected chi connectivity index (χ0v) is 14.8. The molecule has 0 spiro atoms. The summed E-state index contributed by atoms with van der Waals surface area (Å²) in [6.45, 7) is 1.97. The maximum atomic E-state index is 13.2. The lowest BCUT2D eigenvalue weighted by Crippen LogP contribution is -2.57. The average molecular weight is 401 g/mol. The number of imidazole rings is 1. The van der Waals surface area contributed by atoms with Crippen LogP contribution in [0.2, 0.25) is 0 Å². The summed E-state index contributed by atoms with van der Waals surface area (Å²) in [6, 6.07) is -1.77. The lowest BCUT2D eigenvalue weighted by molar-refractivity contribution is -0.389. The fourth-order valence-electron chi connectivity index (χ4n) is 2.61. The van der Waals surface area contributed by atoms with Gasteiger partial charge in [-0.2, -0.15) is 13.2 Å². The van der Waals surface area contributed by atoms with Crippen LogP contribution in [0.15, 0.2) is 6.20 Å². The predicted octanol–water partition coefficient (Wildman–Crippen LogP) is 0.474. The van der Waals surface area contributed by atoms with E-state index in [0.717, 1.165) is 6.20 Å². The Morgan fingerprint density at radius 3 is 2.58 bits per heavy atom. The van der Waals surface area contributed by atoms with Crippen LogP contribution in [0.5, 0.6) is 0 Å². The van der Waals surface area contributed by atoms with Crippen molar-refractivity contribution in [3.8, 4) is 0 Å². The lowest BCUT2D eigenvalue weighted by atomic mass is 10.2. The minimum Gasteiger partial charge on any atom is -0.358 e. The first-order valence-electron chi connectivity index (χ1n) is 7.65. The number of aryl methyl sites for hydroxylation is 1. The van der Waals surface area contributed by atoms with E-state index in [0.29, 0.717) is 13.1 Å². The Kier molecular flexibility index (Phi) is 7.78. The van der Waals surface area contributed by atoms with Crippen LogP contribution in [-0.4, -0.2) is 70.2 Å². The SMILES string of the molecule is Cc1nc([N+](=O)[O-])cn1CC(=O)NCC(N1CCNCC1)C(F)(F)F.Cl. The number of alkyl halides is 3. The van der Waals surface area contributed by atoms with Crippen molar-refractivity contribution in [3.63, 3.8) is 0 Å². The van der Waals surface area contributed by atoms with E-state index in [1.165, 1.54) is 16.4 Å². The third kappa shape index (κ3) is 5.81. The third-order valence-electron chi connectivity index (χ3n) is 3.93. The number of nitrogens with one attached hydrogen (secondary N) is 2. The summed E-state index contributed by atoms with van der Waals surface area (Å²) in [6.07, 6.45) is -3.39. The van der Waals surface area contributed by atoms with Crippen molar-refractivity contribution < 1.29 is 22.9 Å². The van der Waals surface area contributed by atoms with E-state index >= 15 is 0 Å². The topological polar surface area (TPSA) is 105 Å². The fourth-order valence-corrected chi connectivity index (χ4v) is 2.61. The highest BCUT2D eigenvalue weighted by atomic mass is 35.5. The molecule has 0 aliphatic carbocycles. The molecule has 1 aliphatic heterocycles. The van der Waals surface area contributed by atoms with Gasteiger partial charge in [0.05, 0.1) is 0 Å². The van der Waals surface area contributed by atoms with E-state index in [1.807, 2.05) is 0 Å². The van der Waals surface area contributed by atoms with Crippen molar-refractivity contribution in [3.05, 3.63) is 22.1 Å². The van der Waals surface area contributed by atoms with Crippen molar-refractivity contribution in [2.24, 2.45) is 0 Å². The monoisotopic (exact) mass is 400 g/mol. The quantitative estimate of drug-likeness (QED) is 0.531.